The van der Waals surface area contributed by atoms with Crippen molar-refractivity contribution in [3.05, 3.63) is 56.3 Å². The molecule has 0 aliphatic carbocycles. The number of hydrogen-bond donors (Lipinski definition) is 2. The Balaban J connectivity index is 1.63. The first-order valence-corrected chi connectivity index (χ1v) is 10.0. The first-order chi connectivity index (χ1) is 14.0. The number of amides is 2. The predicted molar refractivity (Wildman–Crippen MR) is 109 cm³/mol. The van der Waals surface area contributed by atoms with Crippen molar-refractivity contribution in [1.82, 2.24) is 10.2 Å². The number of carbonyl (C=O) groups excluding carboxylic acids is 2. The Labute approximate surface area is 171 Å². The highest BCUT2D eigenvalue weighted by Crippen LogP contribution is 2.25. The minimum Gasteiger partial charge on any atom is -0.379 e. The number of carbonyl (C=O) groups is 2. The van der Waals surface area contributed by atoms with E-state index in [0.29, 0.717) is 18.8 Å². The molecule has 0 spiro atoms. The quantitative estimate of drug-likeness (QED) is 0.422. The molecule has 2 aromatic rings. The second kappa shape index (κ2) is 9.59. The molecule has 29 heavy (non-hydrogen) atoms. The first kappa shape index (κ1) is 20.9. The van der Waals surface area contributed by atoms with Gasteiger partial charge in [-0.25, -0.2) is 0 Å². The maximum Gasteiger partial charge on any atom is 0.313 e. The molecule has 3 rings (SSSR count). The molecule has 10 heteroatoms. The summed E-state index contributed by atoms with van der Waals surface area (Å²) in [5.41, 5.74) is 0.709. The highest BCUT2D eigenvalue weighted by molar-refractivity contribution is 7.10. The molecule has 2 amide bonds. The van der Waals surface area contributed by atoms with Gasteiger partial charge >= 0.3 is 11.8 Å². The zero-order valence-corrected chi connectivity index (χ0v) is 16.7. The van der Waals surface area contributed by atoms with Gasteiger partial charge in [0.1, 0.15) is 0 Å². The fourth-order valence-electron chi connectivity index (χ4n) is 3.09. The number of nitrogens with one attached hydrogen (secondary N) is 2. The summed E-state index contributed by atoms with van der Waals surface area (Å²) in [6, 6.07) is 8.02. The molecule has 154 valence electrons. The molecule has 9 nitrogen and oxygen atoms in total. The average molecular weight is 418 g/mol. The van der Waals surface area contributed by atoms with Gasteiger partial charge in [-0.3, -0.25) is 24.6 Å². The minimum atomic E-state index is -0.861. The van der Waals surface area contributed by atoms with E-state index in [-0.39, 0.29) is 24.0 Å². The van der Waals surface area contributed by atoms with Crippen molar-refractivity contribution >= 4 is 34.5 Å². The van der Waals surface area contributed by atoms with Gasteiger partial charge in [0.2, 0.25) is 0 Å². The van der Waals surface area contributed by atoms with Gasteiger partial charge in [0, 0.05) is 36.6 Å². The van der Waals surface area contributed by atoms with Crippen LogP contribution in [0, 0.1) is 17.0 Å². The predicted octanol–water partition coefficient (Wildman–Crippen LogP) is 2.09. The Kier molecular flexibility index (Phi) is 6.91. The van der Waals surface area contributed by atoms with E-state index in [1.165, 1.54) is 18.2 Å². The third-order valence-corrected chi connectivity index (χ3v) is 5.67. The van der Waals surface area contributed by atoms with E-state index < -0.39 is 16.7 Å². The van der Waals surface area contributed by atoms with Crippen LogP contribution < -0.4 is 10.6 Å². The zero-order valence-electron chi connectivity index (χ0n) is 15.9. The van der Waals surface area contributed by atoms with E-state index in [4.69, 9.17) is 4.74 Å². The summed E-state index contributed by atoms with van der Waals surface area (Å²) >= 11 is 1.60. The lowest BCUT2D eigenvalue weighted by molar-refractivity contribution is -0.384. The highest BCUT2D eigenvalue weighted by atomic mass is 32.1. The van der Waals surface area contributed by atoms with Crippen LogP contribution in [-0.4, -0.2) is 54.5 Å². The number of nitro benzene ring substituents is 1. The Morgan fingerprint density at radius 1 is 1.28 bits per heavy atom. The largest absolute Gasteiger partial charge is 0.379 e. The van der Waals surface area contributed by atoms with Crippen LogP contribution in [0.3, 0.4) is 0 Å². The van der Waals surface area contributed by atoms with Crippen LogP contribution in [0.5, 0.6) is 0 Å². The Hall–Kier alpha value is -2.82. The third-order valence-electron chi connectivity index (χ3n) is 4.70. The molecule has 2 N–H and O–H groups in total. The van der Waals surface area contributed by atoms with Crippen LogP contribution in [0.15, 0.2) is 35.7 Å². The normalized spacial score (nSPS) is 15.5. The number of aryl methyl sites for hydroxylation is 1. The number of ether oxygens (including phenoxy) is 1. The third kappa shape index (κ3) is 5.37. The van der Waals surface area contributed by atoms with Gasteiger partial charge in [0.05, 0.1) is 29.9 Å². The fourth-order valence-corrected chi connectivity index (χ4v) is 3.95. The molecule has 0 radical (unpaired) electrons. The van der Waals surface area contributed by atoms with Crippen molar-refractivity contribution in [2.45, 2.75) is 13.0 Å². The molecular weight excluding hydrogens is 396 g/mol. The van der Waals surface area contributed by atoms with Crippen LogP contribution in [0.4, 0.5) is 11.4 Å². The lowest BCUT2D eigenvalue weighted by Gasteiger charge is -2.34. The van der Waals surface area contributed by atoms with E-state index in [0.717, 1.165) is 18.0 Å². The van der Waals surface area contributed by atoms with Gasteiger partial charge in [0.15, 0.2) is 0 Å². The van der Waals surface area contributed by atoms with Crippen LogP contribution in [0.25, 0.3) is 0 Å². The van der Waals surface area contributed by atoms with Crippen molar-refractivity contribution in [2.24, 2.45) is 0 Å². The summed E-state index contributed by atoms with van der Waals surface area (Å²) in [7, 11) is 0. The summed E-state index contributed by atoms with van der Waals surface area (Å²) in [6.45, 7) is 4.73. The van der Waals surface area contributed by atoms with E-state index in [1.807, 2.05) is 17.5 Å². The number of thiophene rings is 1. The number of anilines is 1. The van der Waals surface area contributed by atoms with Crippen molar-refractivity contribution in [3.63, 3.8) is 0 Å². The van der Waals surface area contributed by atoms with Crippen molar-refractivity contribution in [1.29, 1.82) is 0 Å². The number of nitrogens with zero attached hydrogens (tertiary/aromatic N) is 2. The van der Waals surface area contributed by atoms with E-state index >= 15 is 0 Å². The molecule has 0 unspecified atom stereocenters. The lowest BCUT2D eigenvalue weighted by atomic mass is 10.1. The Bertz CT molecular complexity index is 881. The smallest absolute Gasteiger partial charge is 0.313 e. The van der Waals surface area contributed by atoms with Gasteiger partial charge < -0.3 is 15.4 Å². The molecule has 1 aromatic heterocycles. The first-order valence-electron chi connectivity index (χ1n) is 9.15. The molecular formula is C19H22N4O5S. The highest BCUT2D eigenvalue weighted by Gasteiger charge is 2.25. The van der Waals surface area contributed by atoms with Gasteiger partial charge in [0.25, 0.3) is 5.69 Å². The zero-order chi connectivity index (χ0) is 20.8. The molecule has 0 saturated carbocycles. The summed E-state index contributed by atoms with van der Waals surface area (Å²) in [4.78, 5) is 38.3. The molecule has 1 aliphatic rings. The molecule has 1 aromatic carbocycles. The number of benzene rings is 1. The maximum atomic E-state index is 12.3. The standard InChI is InChI=1S/C19H22N4O5S/c1-13-4-5-14(23(26)27)11-15(13)21-19(25)18(24)20-12-16(17-3-2-10-29-17)22-6-8-28-9-7-22/h2-5,10-11,16H,6-9,12H2,1H3,(H,20,24)(H,21,25)/t16-/m0/s1. The Morgan fingerprint density at radius 3 is 2.69 bits per heavy atom. The SMILES string of the molecule is Cc1ccc([N+](=O)[O-])cc1NC(=O)C(=O)NC[C@@H](c1cccs1)N1CCOCC1. The average Bonchev–Trinajstić information content (AvgIpc) is 3.24. The summed E-state index contributed by atoms with van der Waals surface area (Å²) in [5.74, 6) is -1.65. The number of non-ortho nitro benzene ring substituents is 1. The van der Waals surface area contributed by atoms with E-state index in [1.54, 1.807) is 18.3 Å². The number of nitro groups is 1. The van der Waals surface area contributed by atoms with E-state index in [2.05, 4.69) is 15.5 Å². The van der Waals surface area contributed by atoms with Crippen LogP contribution >= 0.6 is 11.3 Å². The summed E-state index contributed by atoms with van der Waals surface area (Å²) in [5, 5.41) is 18.0. The van der Waals surface area contributed by atoms with Crippen molar-refractivity contribution in [3.8, 4) is 0 Å². The molecule has 2 heterocycles. The maximum absolute atomic E-state index is 12.3. The second-order valence-electron chi connectivity index (χ2n) is 6.60. The Morgan fingerprint density at radius 2 is 2.03 bits per heavy atom. The summed E-state index contributed by atoms with van der Waals surface area (Å²) < 4.78 is 5.40. The molecule has 1 saturated heterocycles. The van der Waals surface area contributed by atoms with Gasteiger partial charge in [-0.05, 0) is 23.9 Å². The van der Waals surface area contributed by atoms with E-state index in [9.17, 15) is 19.7 Å². The molecule has 1 atom stereocenters. The molecule has 1 aliphatic heterocycles. The van der Waals surface area contributed by atoms with Gasteiger partial charge in [-0.1, -0.05) is 12.1 Å². The fraction of sp³-hybridized carbons (Fsp3) is 0.368. The monoisotopic (exact) mass is 418 g/mol. The van der Waals surface area contributed by atoms with Crippen LogP contribution in [-0.2, 0) is 14.3 Å². The molecule has 0 bridgehead atoms. The second-order valence-corrected chi connectivity index (χ2v) is 7.58. The van der Waals surface area contributed by atoms with Crippen LogP contribution in [0.1, 0.15) is 16.5 Å². The molecule has 1 fully saturated rings. The summed E-state index contributed by atoms with van der Waals surface area (Å²) in [6.07, 6.45) is 0. The van der Waals surface area contributed by atoms with Crippen molar-refractivity contribution in [2.75, 3.05) is 38.2 Å². The number of hydrogen-bond acceptors (Lipinski definition) is 7. The lowest BCUT2D eigenvalue weighted by Crippen LogP contribution is -2.45. The van der Waals surface area contributed by atoms with Crippen molar-refractivity contribution < 1.29 is 19.2 Å². The number of morpholine rings is 1. The van der Waals surface area contributed by atoms with Crippen LogP contribution in [0.2, 0.25) is 0 Å². The topological polar surface area (TPSA) is 114 Å². The minimum absolute atomic E-state index is 0.0461. The number of rotatable bonds is 6. The van der Waals surface area contributed by atoms with Gasteiger partial charge in [-0.2, -0.15) is 0 Å². The van der Waals surface area contributed by atoms with Gasteiger partial charge in [-0.15, -0.1) is 11.3 Å².